The number of piperazine rings is 1. The third kappa shape index (κ3) is 3.74. The first-order valence-electron chi connectivity index (χ1n) is 8.72. The minimum absolute atomic E-state index is 0.194. The number of hydrogen-bond donors (Lipinski definition) is 2. The van der Waals surface area contributed by atoms with Crippen LogP contribution in [0.1, 0.15) is 0 Å². The van der Waals surface area contributed by atoms with Crippen LogP contribution in [0.4, 0.5) is 20.7 Å². The zero-order chi connectivity index (χ0) is 18.6. The van der Waals surface area contributed by atoms with Crippen molar-refractivity contribution < 1.29 is 9.18 Å². The summed E-state index contributed by atoms with van der Waals surface area (Å²) in [4.78, 5) is 20.2. The third-order valence-electron chi connectivity index (χ3n) is 4.56. The Bertz CT molecular complexity index is 921. The maximum absolute atomic E-state index is 13.7. The zero-order valence-electron chi connectivity index (χ0n) is 14.6. The van der Waals surface area contributed by atoms with Gasteiger partial charge >= 0.3 is 6.03 Å². The lowest BCUT2D eigenvalue weighted by Crippen LogP contribution is -2.50. The Hall–Kier alpha value is -3.42. The molecule has 0 unspecified atom stereocenters. The van der Waals surface area contributed by atoms with Gasteiger partial charge in [0.2, 0.25) is 0 Å². The van der Waals surface area contributed by atoms with Crippen LogP contribution in [0, 0.1) is 5.82 Å². The van der Waals surface area contributed by atoms with Crippen LogP contribution in [-0.2, 0) is 0 Å². The summed E-state index contributed by atoms with van der Waals surface area (Å²) in [7, 11) is 0. The molecule has 0 bridgehead atoms. The number of para-hydroxylation sites is 1. The van der Waals surface area contributed by atoms with Gasteiger partial charge in [0.1, 0.15) is 5.82 Å². The van der Waals surface area contributed by atoms with E-state index in [0.29, 0.717) is 26.2 Å². The topological polar surface area (TPSA) is 77.2 Å². The molecule has 1 aromatic carbocycles. The number of anilines is 2. The van der Waals surface area contributed by atoms with E-state index in [0.717, 1.165) is 17.1 Å². The average molecular weight is 366 g/mol. The Balaban J connectivity index is 1.36. The van der Waals surface area contributed by atoms with Gasteiger partial charge in [-0.1, -0.05) is 12.1 Å². The van der Waals surface area contributed by atoms with Crippen molar-refractivity contribution in [1.29, 1.82) is 0 Å². The molecular weight excluding hydrogens is 347 g/mol. The molecule has 2 amide bonds. The Morgan fingerprint density at radius 2 is 1.81 bits per heavy atom. The summed E-state index contributed by atoms with van der Waals surface area (Å²) in [6, 6.07) is 11.7. The molecule has 0 spiro atoms. The minimum atomic E-state index is -0.440. The fourth-order valence-electron chi connectivity index (χ4n) is 3.05. The highest BCUT2D eigenvalue weighted by molar-refractivity contribution is 5.89. The molecule has 1 fully saturated rings. The second-order valence-electron chi connectivity index (χ2n) is 6.26. The number of carbonyl (C=O) groups excluding carboxylic acids is 1. The number of hydrogen-bond acceptors (Lipinski definition) is 4. The molecule has 0 atom stereocenters. The number of benzene rings is 1. The number of H-pyrrole nitrogens is 1. The molecule has 0 aliphatic carbocycles. The smallest absolute Gasteiger partial charge is 0.322 e. The normalized spacial score (nSPS) is 14.3. The molecule has 3 heterocycles. The third-order valence-corrected chi connectivity index (χ3v) is 4.56. The van der Waals surface area contributed by atoms with E-state index in [9.17, 15) is 9.18 Å². The van der Waals surface area contributed by atoms with Gasteiger partial charge in [0.15, 0.2) is 5.82 Å². The maximum Gasteiger partial charge on any atom is 0.322 e. The summed E-state index contributed by atoms with van der Waals surface area (Å²) < 4.78 is 13.7. The maximum atomic E-state index is 13.7. The standard InChI is InChI=1S/C19H19FN6O/c20-15-3-1-2-4-16(15)22-19(27)26-11-9-25(10-12-26)18-13-17(23-24-18)14-5-7-21-8-6-14/h1-8,13H,9-12H2,(H,22,27)(H,23,24). The lowest BCUT2D eigenvalue weighted by Gasteiger charge is -2.34. The highest BCUT2D eigenvalue weighted by Crippen LogP contribution is 2.22. The van der Waals surface area contributed by atoms with Gasteiger partial charge in [0, 0.05) is 50.2 Å². The quantitative estimate of drug-likeness (QED) is 0.747. The Morgan fingerprint density at radius 3 is 2.56 bits per heavy atom. The molecule has 2 aromatic heterocycles. The first-order chi connectivity index (χ1) is 13.2. The van der Waals surface area contributed by atoms with Gasteiger partial charge in [-0.05, 0) is 24.3 Å². The average Bonchev–Trinajstić information content (AvgIpc) is 3.21. The van der Waals surface area contributed by atoms with Crippen molar-refractivity contribution in [1.82, 2.24) is 20.1 Å². The molecule has 3 aromatic rings. The second kappa shape index (κ2) is 7.45. The molecule has 138 valence electrons. The number of amides is 2. The number of rotatable bonds is 3. The monoisotopic (exact) mass is 366 g/mol. The lowest BCUT2D eigenvalue weighted by molar-refractivity contribution is 0.208. The van der Waals surface area contributed by atoms with Crippen molar-refractivity contribution in [2.75, 3.05) is 36.4 Å². The van der Waals surface area contributed by atoms with Crippen molar-refractivity contribution in [3.63, 3.8) is 0 Å². The summed E-state index contributed by atoms with van der Waals surface area (Å²) in [5.41, 5.74) is 2.14. The number of pyridine rings is 1. The van der Waals surface area contributed by atoms with E-state index < -0.39 is 5.82 Å². The Morgan fingerprint density at radius 1 is 1.07 bits per heavy atom. The van der Waals surface area contributed by atoms with Gasteiger partial charge in [-0.2, -0.15) is 5.10 Å². The van der Waals surface area contributed by atoms with E-state index >= 15 is 0 Å². The van der Waals surface area contributed by atoms with Crippen molar-refractivity contribution in [2.24, 2.45) is 0 Å². The van der Waals surface area contributed by atoms with E-state index in [2.05, 4.69) is 25.4 Å². The molecule has 2 N–H and O–H groups in total. The molecule has 1 aliphatic rings. The summed E-state index contributed by atoms with van der Waals surface area (Å²) >= 11 is 0. The molecule has 4 rings (SSSR count). The molecule has 8 heteroatoms. The number of carbonyl (C=O) groups is 1. The predicted molar refractivity (Wildman–Crippen MR) is 101 cm³/mol. The van der Waals surface area contributed by atoms with Crippen LogP contribution in [0.3, 0.4) is 0 Å². The summed E-state index contributed by atoms with van der Waals surface area (Å²) in [5, 5.41) is 10.0. The van der Waals surface area contributed by atoms with Crippen LogP contribution in [0.15, 0.2) is 54.9 Å². The van der Waals surface area contributed by atoms with Crippen LogP contribution in [-0.4, -0.2) is 52.3 Å². The molecule has 1 saturated heterocycles. The number of urea groups is 1. The van der Waals surface area contributed by atoms with E-state index in [1.54, 1.807) is 35.5 Å². The number of halogens is 1. The fraction of sp³-hybridized carbons (Fsp3) is 0.211. The minimum Gasteiger partial charge on any atom is -0.352 e. The van der Waals surface area contributed by atoms with Crippen LogP contribution in [0.25, 0.3) is 11.3 Å². The number of aromatic amines is 1. The highest BCUT2D eigenvalue weighted by atomic mass is 19.1. The fourth-order valence-corrected chi connectivity index (χ4v) is 3.05. The summed E-state index contributed by atoms with van der Waals surface area (Å²) in [5.74, 6) is 0.403. The zero-order valence-corrected chi connectivity index (χ0v) is 14.6. The molecule has 1 aliphatic heterocycles. The lowest BCUT2D eigenvalue weighted by atomic mass is 10.2. The van der Waals surface area contributed by atoms with Gasteiger partial charge in [-0.15, -0.1) is 0 Å². The largest absolute Gasteiger partial charge is 0.352 e. The highest BCUT2D eigenvalue weighted by Gasteiger charge is 2.23. The van der Waals surface area contributed by atoms with E-state index in [4.69, 9.17) is 0 Å². The predicted octanol–water partition coefficient (Wildman–Crippen LogP) is 2.96. The van der Waals surface area contributed by atoms with Gasteiger partial charge in [0.05, 0.1) is 11.4 Å². The van der Waals surface area contributed by atoms with Crippen LogP contribution < -0.4 is 10.2 Å². The first kappa shape index (κ1) is 17.0. The van der Waals surface area contributed by atoms with Crippen molar-refractivity contribution >= 4 is 17.5 Å². The van der Waals surface area contributed by atoms with Gasteiger partial charge in [-0.25, -0.2) is 9.18 Å². The molecule has 0 radical (unpaired) electrons. The first-order valence-corrected chi connectivity index (χ1v) is 8.72. The van der Waals surface area contributed by atoms with Crippen LogP contribution in [0.5, 0.6) is 0 Å². The van der Waals surface area contributed by atoms with Gasteiger partial charge in [0.25, 0.3) is 0 Å². The van der Waals surface area contributed by atoms with Crippen LogP contribution in [0.2, 0.25) is 0 Å². The van der Waals surface area contributed by atoms with E-state index in [1.807, 2.05) is 18.2 Å². The van der Waals surface area contributed by atoms with Gasteiger partial charge < -0.3 is 15.1 Å². The number of aromatic nitrogens is 3. The second-order valence-corrected chi connectivity index (χ2v) is 6.26. The van der Waals surface area contributed by atoms with Crippen LogP contribution >= 0.6 is 0 Å². The van der Waals surface area contributed by atoms with E-state index in [-0.39, 0.29) is 11.7 Å². The number of nitrogens with zero attached hydrogens (tertiary/aromatic N) is 4. The Kier molecular flexibility index (Phi) is 4.69. The molecule has 7 nitrogen and oxygen atoms in total. The molecular formula is C19H19FN6O. The molecule has 0 saturated carbocycles. The SMILES string of the molecule is O=C(Nc1ccccc1F)N1CCN(c2cc(-c3ccncc3)[nH]n2)CC1. The van der Waals surface area contributed by atoms with E-state index in [1.165, 1.54) is 6.07 Å². The summed E-state index contributed by atoms with van der Waals surface area (Å²) in [6.45, 7) is 2.39. The van der Waals surface area contributed by atoms with Crippen molar-refractivity contribution in [2.45, 2.75) is 0 Å². The van der Waals surface area contributed by atoms with Crippen molar-refractivity contribution in [3.8, 4) is 11.3 Å². The van der Waals surface area contributed by atoms with Crippen molar-refractivity contribution in [3.05, 3.63) is 60.7 Å². The Labute approximate surface area is 155 Å². The number of nitrogens with one attached hydrogen (secondary N) is 2. The van der Waals surface area contributed by atoms with Gasteiger partial charge in [-0.3, -0.25) is 10.1 Å². The summed E-state index contributed by atoms with van der Waals surface area (Å²) in [6.07, 6.45) is 3.48. The molecule has 27 heavy (non-hydrogen) atoms.